The zero-order chi connectivity index (χ0) is 45.6. The van der Waals surface area contributed by atoms with Crippen LogP contribution in [0.1, 0.15) is 294 Å². The van der Waals surface area contributed by atoms with Gasteiger partial charge >= 0.3 is 0 Å². The SMILES string of the molecule is CC=CCCCc1ccccc1C1=C(CC)C(CCCCCCCCCCCCCCCCCCCCCCC)=C(c2cccc(CCCCCCCCCCCCCCC)c2)[N+]1=[N-].[Pd]. The third-order valence-corrected chi connectivity index (χ3v) is 14.3. The van der Waals surface area contributed by atoms with Crippen LogP contribution in [0.2, 0.25) is 0 Å². The van der Waals surface area contributed by atoms with Gasteiger partial charge in [-0.15, -0.1) is 0 Å². The van der Waals surface area contributed by atoms with Crippen molar-refractivity contribution in [3.05, 3.63) is 99.6 Å². The molecule has 0 N–H and O–H groups in total. The molecule has 0 saturated carbocycles. The number of hydrogen-bond acceptors (Lipinski definition) is 0. The Kier molecular flexibility index (Phi) is 37.2. The van der Waals surface area contributed by atoms with Crippen LogP contribution in [0.15, 0.2) is 71.8 Å². The summed E-state index contributed by atoms with van der Waals surface area (Å²) in [5, 5.41) is 0. The summed E-state index contributed by atoms with van der Waals surface area (Å²) >= 11 is 0. The van der Waals surface area contributed by atoms with Gasteiger partial charge in [0.05, 0.1) is 0 Å². The normalized spacial score (nSPS) is 13.0. The molecule has 0 bridgehead atoms. The average Bonchev–Trinajstić information content (AvgIpc) is 3.60. The maximum absolute atomic E-state index is 12.3. The Morgan fingerprint density at radius 3 is 1.31 bits per heavy atom. The van der Waals surface area contributed by atoms with E-state index in [2.05, 4.69) is 88.4 Å². The average molecular weight is 982 g/mol. The quantitative estimate of drug-likeness (QED) is 0.0274. The Morgan fingerprint density at radius 1 is 0.431 bits per heavy atom. The molecule has 1 aliphatic rings. The number of unbranched alkanes of at least 4 members (excludes halogenated alkanes) is 33. The molecule has 0 spiro atoms. The van der Waals surface area contributed by atoms with Gasteiger partial charge in [0.25, 0.3) is 0 Å². The Labute approximate surface area is 418 Å². The molecule has 0 unspecified atom stereocenters. The molecule has 0 amide bonds. The molecule has 0 saturated heterocycles. The van der Waals surface area contributed by atoms with Gasteiger partial charge in [-0.1, -0.05) is 269 Å². The fourth-order valence-electron chi connectivity index (χ4n) is 10.4. The first-order chi connectivity index (χ1) is 31.7. The monoisotopic (exact) mass is 981 g/mol. The van der Waals surface area contributed by atoms with Crippen molar-refractivity contribution in [2.75, 3.05) is 0 Å². The summed E-state index contributed by atoms with van der Waals surface area (Å²) in [5.74, 6) is 0. The molecule has 0 atom stereocenters. The van der Waals surface area contributed by atoms with Gasteiger partial charge in [0.1, 0.15) is 0 Å². The van der Waals surface area contributed by atoms with Gasteiger partial charge in [0.2, 0.25) is 11.4 Å². The van der Waals surface area contributed by atoms with E-state index in [-0.39, 0.29) is 20.4 Å². The zero-order valence-corrected chi connectivity index (χ0v) is 44.8. The number of rotatable bonds is 43. The predicted molar refractivity (Wildman–Crippen MR) is 285 cm³/mol. The number of allylic oxidation sites excluding steroid dienone is 4. The molecular weight excluding hydrogens is 879 g/mol. The van der Waals surface area contributed by atoms with Crippen molar-refractivity contribution in [1.29, 1.82) is 0 Å². The molecule has 0 fully saturated rings. The van der Waals surface area contributed by atoms with Gasteiger partial charge in [-0.3, -0.25) is 0 Å². The fourth-order valence-corrected chi connectivity index (χ4v) is 10.4. The van der Waals surface area contributed by atoms with Crippen molar-refractivity contribution < 1.29 is 25.1 Å². The Hall–Kier alpha value is -2.08. The summed E-state index contributed by atoms with van der Waals surface area (Å²) in [7, 11) is 0. The van der Waals surface area contributed by atoms with Crippen molar-refractivity contribution >= 4 is 11.4 Å². The van der Waals surface area contributed by atoms with Gasteiger partial charge in [-0.25, -0.2) is 4.70 Å². The molecule has 3 heteroatoms. The molecule has 0 aliphatic carbocycles. The zero-order valence-electron chi connectivity index (χ0n) is 43.3. The fraction of sp³-hybridized carbons (Fsp3) is 0.710. The second kappa shape index (κ2) is 40.9. The van der Waals surface area contributed by atoms with Crippen molar-refractivity contribution in [2.45, 2.75) is 285 Å². The van der Waals surface area contributed by atoms with E-state index in [1.165, 1.54) is 252 Å². The van der Waals surface area contributed by atoms with Gasteiger partial charge in [0.15, 0.2) is 0 Å². The van der Waals surface area contributed by atoms with Crippen LogP contribution < -0.4 is 0 Å². The van der Waals surface area contributed by atoms with Crippen LogP contribution in [0, 0.1) is 0 Å². The van der Waals surface area contributed by atoms with Crippen molar-refractivity contribution in [2.24, 2.45) is 0 Å². The smallest absolute Gasteiger partial charge is 0.211 e. The van der Waals surface area contributed by atoms with Crippen LogP contribution in [0.3, 0.4) is 0 Å². The molecule has 2 aromatic carbocycles. The molecule has 370 valence electrons. The topological polar surface area (TPSA) is 25.3 Å². The number of hydrogen-bond donors (Lipinski definition) is 0. The summed E-state index contributed by atoms with van der Waals surface area (Å²) in [6.07, 6.45) is 58.4. The third kappa shape index (κ3) is 25.8. The van der Waals surface area contributed by atoms with E-state index in [0.29, 0.717) is 0 Å². The summed E-state index contributed by atoms with van der Waals surface area (Å²) in [5.41, 5.74) is 22.2. The van der Waals surface area contributed by atoms with Crippen LogP contribution in [0.4, 0.5) is 0 Å². The Bertz CT molecular complexity index is 1560. The van der Waals surface area contributed by atoms with E-state index >= 15 is 0 Å². The Balaban J connectivity index is 0.0000145. The van der Waals surface area contributed by atoms with Gasteiger partial charge in [0, 0.05) is 42.7 Å². The van der Waals surface area contributed by atoms with Crippen molar-refractivity contribution in [3.8, 4) is 0 Å². The Morgan fingerprint density at radius 2 is 0.862 bits per heavy atom. The molecule has 65 heavy (non-hydrogen) atoms. The largest absolute Gasteiger partial charge is 0.493 e. The first kappa shape index (κ1) is 59.0. The first-order valence-corrected chi connectivity index (χ1v) is 28.4. The van der Waals surface area contributed by atoms with Crippen molar-refractivity contribution in [1.82, 2.24) is 0 Å². The van der Waals surface area contributed by atoms with Crippen molar-refractivity contribution in [3.63, 3.8) is 0 Å². The summed E-state index contributed by atoms with van der Waals surface area (Å²) in [6, 6.07) is 18.1. The van der Waals surface area contributed by atoms with Gasteiger partial charge in [-0.05, 0) is 87.6 Å². The van der Waals surface area contributed by atoms with Crippen LogP contribution in [-0.2, 0) is 33.3 Å². The summed E-state index contributed by atoms with van der Waals surface area (Å²) in [6.45, 7) is 9.02. The maximum Gasteiger partial charge on any atom is 0.211 e. The molecule has 2 nitrogen and oxygen atoms in total. The standard InChI is InChI=1S/C62H102N2.Pd/c1-5-9-12-15-17-19-21-23-24-25-26-27-28-29-30-32-34-36-38-40-43-53-60-58(8-4)62(59-52-45-44-50-56(59)49-42-14-11-7-3)64(63)61(60)57-51-46-48-55(54-57)47-41-39-37-35-33-31-22-20-18-16-13-10-6-2;/h7,11,44-46,48,50-52,54H,5-6,8-10,12-43,47,49,53H2,1-4H3;. The number of aryl methyl sites for hydroxylation is 2. The van der Waals surface area contributed by atoms with Crippen LogP contribution in [0.5, 0.6) is 0 Å². The van der Waals surface area contributed by atoms with Crippen LogP contribution in [-0.4, -0.2) is 4.70 Å². The molecule has 3 rings (SSSR count). The second-order valence-corrected chi connectivity index (χ2v) is 20.0. The maximum atomic E-state index is 12.3. The van der Waals surface area contributed by atoms with E-state index in [0.717, 1.165) is 49.9 Å². The van der Waals surface area contributed by atoms with E-state index < -0.39 is 0 Å². The molecule has 0 aromatic heterocycles. The first-order valence-electron chi connectivity index (χ1n) is 28.4. The van der Waals surface area contributed by atoms with Crippen LogP contribution >= 0.6 is 0 Å². The molecule has 1 heterocycles. The number of benzene rings is 2. The molecule has 1 aliphatic heterocycles. The van der Waals surface area contributed by atoms with E-state index in [4.69, 9.17) is 0 Å². The van der Waals surface area contributed by atoms with E-state index in [9.17, 15) is 5.53 Å². The minimum Gasteiger partial charge on any atom is -0.493 e. The van der Waals surface area contributed by atoms with E-state index in [1.807, 2.05) is 0 Å². The molecular formula is C62H102N2Pd. The van der Waals surface area contributed by atoms with Crippen LogP contribution in [0.25, 0.3) is 16.9 Å². The minimum absolute atomic E-state index is 0. The van der Waals surface area contributed by atoms with E-state index in [1.54, 1.807) is 4.70 Å². The minimum atomic E-state index is 0. The molecule has 2 aromatic rings. The third-order valence-electron chi connectivity index (χ3n) is 14.3. The van der Waals surface area contributed by atoms with Gasteiger partial charge < -0.3 is 5.53 Å². The second-order valence-electron chi connectivity index (χ2n) is 20.0. The van der Waals surface area contributed by atoms with Gasteiger partial charge in [-0.2, -0.15) is 0 Å². The molecule has 0 radical (unpaired) electrons. The predicted octanol–water partition coefficient (Wildman–Crippen LogP) is 21.4. The summed E-state index contributed by atoms with van der Waals surface area (Å²) < 4.78 is 1.61. The number of nitrogens with zero attached hydrogens (tertiary/aromatic N) is 2. The summed E-state index contributed by atoms with van der Waals surface area (Å²) in [4.78, 5) is 0.